The van der Waals surface area contributed by atoms with E-state index >= 15 is 0 Å². The zero-order valence-electron chi connectivity index (χ0n) is 7.57. The fourth-order valence-corrected chi connectivity index (χ4v) is 2.18. The minimum absolute atomic E-state index is 1.21. The number of likely N-dealkylation sites (tertiary alicyclic amines) is 1. The topological polar surface area (TPSA) is 3.24 Å². The Hall–Kier alpha value is -0.418. The van der Waals surface area contributed by atoms with Crippen LogP contribution in [0.3, 0.4) is 0 Å². The molecule has 1 aromatic rings. The van der Waals surface area contributed by atoms with Crippen LogP contribution in [0.15, 0.2) is 30.3 Å². The molecule has 0 N–H and O–H groups in total. The van der Waals surface area contributed by atoms with Crippen LogP contribution in [0.1, 0.15) is 18.4 Å². The SMILES string of the molecule is [Cr]=[C](c1ccccc1)N1CCCC1. The normalized spacial score (nSPS) is 17.5. The molecular weight excluding hydrogens is 198 g/mol. The van der Waals surface area contributed by atoms with Gasteiger partial charge in [0.05, 0.1) is 0 Å². The standard InChI is InChI=1S/C11H13N.Cr/c1-2-6-11(7-3-1)10-12-8-4-5-9-12;/h1-3,6-7H,4-5,8-9H2;. The Morgan fingerprint density at radius 1 is 1.08 bits per heavy atom. The first-order chi connectivity index (χ1) is 6.38. The molecule has 0 spiro atoms. The third-order valence-electron chi connectivity index (χ3n) is 2.41. The predicted octanol–water partition coefficient (Wildman–Crippen LogP) is 1.81. The quantitative estimate of drug-likeness (QED) is 0.721. The molecule has 0 saturated carbocycles. The van der Waals surface area contributed by atoms with Crippen molar-refractivity contribution in [2.75, 3.05) is 13.1 Å². The summed E-state index contributed by atoms with van der Waals surface area (Å²) >= 11 is 3.18. The van der Waals surface area contributed by atoms with Gasteiger partial charge in [0.2, 0.25) is 0 Å². The molecule has 0 aromatic heterocycles. The molecule has 1 heterocycles. The third-order valence-corrected chi connectivity index (χ3v) is 3.19. The monoisotopic (exact) mass is 211 g/mol. The van der Waals surface area contributed by atoms with E-state index in [1.54, 1.807) is 0 Å². The predicted molar refractivity (Wildman–Crippen MR) is 51.4 cm³/mol. The van der Waals surface area contributed by atoms with E-state index in [1.165, 1.54) is 36.0 Å². The van der Waals surface area contributed by atoms with Gasteiger partial charge < -0.3 is 0 Å². The fourth-order valence-electron chi connectivity index (χ4n) is 1.68. The number of rotatable bonds is 2. The number of nitrogens with zero attached hydrogens (tertiary/aromatic N) is 1. The molecule has 1 aliphatic rings. The molecule has 1 aromatic carbocycles. The van der Waals surface area contributed by atoms with Crippen molar-refractivity contribution in [2.45, 2.75) is 12.8 Å². The summed E-state index contributed by atoms with van der Waals surface area (Å²) in [4.78, 5) is 2.43. The van der Waals surface area contributed by atoms with Gasteiger partial charge in [0.1, 0.15) is 0 Å². The number of hydrogen-bond donors (Lipinski definition) is 0. The molecule has 0 atom stereocenters. The van der Waals surface area contributed by atoms with Gasteiger partial charge >= 0.3 is 87.1 Å². The Morgan fingerprint density at radius 3 is 2.31 bits per heavy atom. The Balaban J connectivity index is 2.13. The molecule has 1 saturated heterocycles. The third kappa shape index (κ3) is 2.09. The van der Waals surface area contributed by atoms with Crippen LogP contribution in [0.4, 0.5) is 0 Å². The molecule has 2 heteroatoms. The minimum atomic E-state index is 1.21. The molecule has 0 radical (unpaired) electrons. The van der Waals surface area contributed by atoms with Crippen molar-refractivity contribution in [3.63, 3.8) is 0 Å². The summed E-state index contributed by atoms with van der Waals surface area (Å²) in [6, 6.07) is 10.5. The first kappa shape index (κ1) is 9.15. The van der Waals surface area contributed by atoms with Crippen LogP contribution in [-0.4, -0.2) is 22.5 Å². The van der Waals surface area contributed by atoms with Crippen molar-refractivity contribution in [1.29, 1.82) is 0 Å². The second kappa shape index (κ2) is 4.20. The van der Waals surface area contributed by atoms with E-state index in [0.717, 1.165) is 0 Å². The van der Waals surface area contributed by atoms with Crippen LogP contribution in [0.5, 0.6) is 0 Å². The van der Waals surface area contributed by atoms with Crippen LogP contribution in [0, 0.1) is 0 Å². The van der Waals surface area contributed by atoms with E-state index in [4.69, 9.17) is 0 Å². The Kier molecular flexibility index (Phi) is 2.95. The summed E-state index contributed by atoms with van der Waals surface area (Å²) in [5.74, 6) is 0. The van der Waals surface area contributed by atoms with E-state index in [0.29, 0.717) is 0 Å². The van der Waals surface area contributed by atoms with E-state index in [-0.39, 0.29) is 0 Å². The average Bonchev–Trinajstić information content (AvgIpc) is 2.71. The zero-order chi connectivity index (χ0) is 9.10. The molecule has 68 valence electrons. The van der Waals surface area contributed by atoms with Gasteiger partial charge in [-0.25, -0.2) is 0 Å². The van der Waals surface area contributed by atoms with Gasteiger partial charge in [-0.3, -0.25) is 0 Å². The Morgan fingerprint density at radius 2 is 1.69 bits per heavy atom. The molecule has 2 rings (SSSR count). The van der Waals surface area contributed by atoms with Crippen LogP contribution >= 0.6 is 0 Å². The van der Waals surface area contributed by atoms with Crippen molar-refractivity contribution in [2.24, 2.45) is 0 Å². The van der Waals surface area contributed by atoms with Crippen molar-refractivity contribution < 1.29 is 15.9 Å². The van der Waals surface area contributed by atoms with Crippen LogP contribution in [0.2, 0.25) is 0 Å². The van der Waals surface area contributed by atoms with Gasteiger partial charge in [-0.05, 0) is 0 Å². The van der Waals surface area contributed by atoms with E-state index < -0.39 is 0 Å². The molecule has 0 aliphatic carbocycles. The maximum atomic E-state index is 3.18. The first-order valence-corrected chi connectivity index (χ1v) is 5.36. The van der Waals surface area contributed by atoms with Crippen LogP contribution < -0.4 is 0 Å². The van der Waals surface area contributed by atoms with Gasteiger partial charge in [0, 0.05) is 0 Å². The second-order valence-electron chi connectivity index (χ2n) is 3.37. The molecule has 0 bridgehead atoms. The summed E-state index contributed by atoms with van der Waals surface area (Å²) in [7, 11) is 0. The second-order valence-corrected chi connectivity index (χ2v) is 3.97. The summed E-state index contributed by atoms with van der Waals surface area (Å²) in [6.45, 7) is 2.41. The van der Waals surface area contributed by atoms with Crippen molar-refractivity contribution in [3.8, 4) is 0 Å². The fraction of sp³-hybridized carbons (Fsp3) is 0.364. The van der Waals surface area contributed by atoms with Crippen LogP contribution in [-0.2, 0) is 15.9 Å². The van der Waals surface area contributed by atoms with Crippen molar-refractivity contribution >= 4 is 4.50 Å². The molecule has 13 heavy (non-hydrogen) atoms. The van der Waals surface area contributed by atoms with Crippen molar-refractivity contribution in [1.82, 2.24) is 4.90 Å². The Labute approximate surface area is 87.3 Å². The maximum absolute atomic E-state index is 3.18. The summed E-state index contributed by atoms with van der Waals surface area (Å²) in [5, 5.41) is 0. The molecule has 1 nitrogen and oxygen atoms in total. The zero-order valence-corrected chi connectivity index (χ0v) is 8.85. The van der Waals surface area contributed by atoms with Gasteiger partial charge in [0.25, 0.3) is 0 Å². The molecule has 0 unspecified atom stereocenters. The van der Waals surface area contributed by atoms with Gasteiger partial charge in [-0.15, -0.1) is 0 Å². The Bertz CT molecular complexity index is 288. The van der Waals surface area contributed by atoms with Gasteiger partial charge in [-0.1, -0.05) is 0 Å². The van der Waals surface area contributed by atoms with Gasteiger partial charge in [0.15, 0.2) is 0 Å². The molecule has 1 fully saturated rings. The average molecular weight is 211 g/mol. The number of hydrogen-bond acceptors (Lipinski definition) is 1. The van der Waals surface area contributed by atoms with Gasteiger partial charge in [-0.2, -0.15) is 0 Å². The summed E-state index contributed by atoms with van der Waals surface area (Å²) in [5.41, 5.74) is 1.31. The molecule has 0 amide bonds. The van der Waals surface area contributed by atoms with Crippen LogP contribution in [0.25, 0.3) is 0 Å². The summed E-state index contributed by atoms with van der Waals surface area (Å²) < 4.78 is 1.30. The molecule has 1 aliphatic heterocycles. The first-order valence-electron chi connectivity index (χ1n) is 4.72. The van der Waals surface area contributed by atoms with E-state index in [2.05, 4.69) is 51.1 Å². The van der Waals surface area contributed by atoms with E-state index in [1.807, 2.05) is 0 Å². The van der Waals surface area contributed by atoms with E-state index in [9.17, 15) is 0 Å². The number of benzene rings is 1. The summed E-state index contributed by atoms with van der Waals surface area (Å²) in [6.07, 6.45) is 2.66. The van der Waals surface area contributed by atoms with Crippen molar-refractivity contribution in [3.05, 3.63) is 35.9 Å². The molecular formula is C11H13CrN.